The lowest BCUT2D eigenvalue weighted by Crippen LogP contribution is -2.04. The maximum absolute atomic E-state index is 10.2. The van der Waals surface area contributed by atoms with Gasteiger partial charge in [0.1, 0.15) is 5.82 Å². The number of nitrogens with zero attached hydrogens (tertiary/aromatic N) is 4. The second-order valence-electron chi connectivity index (χ2n) is 4.49. The fraction of sp³-hybridized carbons (Fsp3) is 0.267. The van der Waals surface area contributed by atoms with E-state index in [2.05, 4.69) is 22.8 Å². The Morgan fingerprint density at radius 1 is 1.43 bits per heavy atom. The average molecular weight is 300 g/mol. The van der Waals surface area contributed by atoms with E-state index in [0.717, 1.165) is 16.5 Å². The summed E-state index contributed by atoms with van der Waals surface area (Å²) in [6, 6.07) is 9.00. The van der Waals surface area contributed by atoms with Gasteiger partial charge in [-0.2, -0.15) is 5.26 Å². The lowest BCUT2D eigenvalue weighted by atomic mass is 10.1. The molecule has 6 heteroatoms. The van der Waals surface area contributed by atoms with Crippen molar-refractivity contribution in [1.29, 1.82) is 5.26 Å². The highest BCUT2D eigenvalue weighted by atomic mass is 32.2. The Labute approximate surface area is 127 Å². The van der Waals surface area contributed by atoms with E-state index < -0.39 is 6.10 Å². The third-order valence-corrected chi connectivity index (χ3v) is 4.05. The number of hydrogen-bond donors (Lipinski definition) is 1. The normalized spacial score (nSPS) is 11.9. The zero-order chi connectivity index (χ0) is 15.2. The summed E-state index contributed by atoms with van der Waals surface area (Å²) in [7, 11) is 0. The Balaban J connectivity index is 2.02. The third kappa shape index (κ3) is 3.72. The van der Waals surface area contributed by atoms with Crippen LogP contribution in [0.15, 0.2) is 42.1 Å². The summed E-state index contributed by atoms with van der Waals surface area (Å²) < 4.78 is 1.95. The lowest BCUT2D eigenvalue weighted by molar-refractivity contribution is 0.204. The van der Waals surface area contributed by atoms with Crippen LogP contribution in [0.3, 0.4) is 0 Å². The molecule has 108 valence electrons. The van der Waals surface area contributed by atoms with Crippen LogP contribution in [0.2, 0.25) is 0 Å². The summed E-state index contributed by atoms with van der Waals surface area (Å²) in [5, 5.41) is 27.9. The lowest BCUT2D eigenvalue weighted by Gasteiger charge is -2.11. The van der Waals surface area contributed by atoms with Crippen molar-refractivity contribution in [3.8, 4) is 6.07 Å². The van der Waals surface area contributed by atoms with Gasteiger partial charge in [0.05, 0.1) is 17.7 Å². The molecule has 1 N–H and O–H groups in total. The van der Waals surface area contributed by atoms with Crippen LogP contribution in [-0.2, 0) is 6.54 Å². The molecule has 0 aliphatic heterocycles. The maximum Gasteiger partial charge on any atom is 0.191 e. The van der Waals surface area contributed by atoms with Gasteiger partial charge in [-0.25, -0.2) is 0 Å². The number of hydrogen-bond acceptors (Lipinski definition) is 5. The van der Waals surface area contributed by atoms with Crippen molar-refractivity contribution >= 4 is 11.8 Å². The maximum atomic E-state index is 10.2. The molecule has 0 saturated carbocycles. The summed E-state index contributed by atoms with van der Waals surface area (Å²) in [5.74, 6) is 1.30. The summed E-state index contributed by atoms with van der Waals surface area (Å²) in [4.78, 5) is 0. The fourth-order valence-corrected chi connectivity index (χ4v) is 2.80. The molecule has 0 amide bonds. The molecule has 0 spiro atoms. The third-order valence-electron chi connectivity index (χ3n) is 3.01. The van der Waals surface area contributed by atoms with Gasteiger partial charge in [0.25, 0.3) is 0 Å². The Bertz CT molecular complexity index is 657. The van der Waals surface area contributed by atoms with Crippen LogP contribution in [0.4, 0.5) is 0 Å². The number of benzene rings is 1. The molecule has 1 unspecified atom stereocenters. The van der Waals surface area contributed by atoms with Crippen molar-refractivity contribution in [2.24, 2.45) is 0 Å². The molecule has 5 nitrogen and oxygen atoms in total. The van der Waals surface area contributed by atoms with Crippen LogP contribution in [0.25, 0.3) is 0 Å². The SMILES string of the molecule is C=CCn1c(C)nnc1SCC(O)c1ccc(C#N)cc1. The molecular weight excluding hydrogens is 284 g/mol. The van der Waals surface area contributed by atoms with Gasteiger partial charge in [0.15, 0.2) is 5.16 Å². The van der Waals surface area contributed by atoms with Crippen molar-refractivity contribution in [2.45, 2.75) is 24.7 Å². The summed E-state index contributed by atoms with van der Waals surface area (Å²) in [6.45, 7) is 6.25. The van der Waals surface area contributed by atoms with Crippen LogP contribution in [0.1, 0.15) is 23.1 Å². The number of nitriles is 1. The molecule has 1 aromatic heterocycles. The first kappa shape index (κ1) is 15.3. The molecule has 1 heterocycles. The number of rotatable bonds is 6. The van der Waals surface area contributed by atoms with Crippen molar-refractivity contribution in [1.82, 2.24) is 14.8 Å². The van der Waals surface area contributed by atoms with Gasteiger partial charge in [0.2, 0.25) is 0 Å². The minimum atomic E-state index is -0.614. The Morgan fingerprint density at radius 3 is 2.76 bits per heavy atom. The van der Waals surface area contributed by atoms with Gasteiger partial charge in [-0.1, -0.05) is 30.0 Å². The number of aryl methyl sites for hydroxylation is 1. The summed E-state index contributed by atoms with van der Waals surface area (Å²) >= 11 is 1.45. The monoisotopic (exact) mass is 300 g/mol. The van der Waals surface area contributed by atoms with Crippen molar-refractivity contribution in [3.05, 3.63) is 53.9 Å². The fourth-order valence-electron chi connectivity index (χ4n) is 1.84. The van der Waals surface area contributed by atoms with Gasteiger partial charge in [0, 0.05) is 12.3 Å². The first-order valence-electron chi connectivity index (χ1n) is 6.47. The molecular formula is C15H16N4OS. The van der Waals surface area contributed by atoms with Crippen LogP contribution in [0.5, 0.6) is 0 Å². The molecule has 2 aromatic rings. The molecule has 0 aliphatic carbocycles. The van der Waals surface area contributed by atoms with E-state index in [0.29, 0.717) is 17.9 Å². The van der Waals surface area contributed by atoms with Gasteiger partial charge < -0.3 is 9.67 Å². The average Bonchev–Trinajstić information content (AvgIpc) is 2.86. The number of aliphatic hydroxyl groups excluding tert-OH is 1. The smallest absolute Gasteiger partial charge is 0.191 e. The van der Waals surface area contributed by atoms with Crippen LogP contribution >= 0.6 is 11.8 Å². The highest BCUT2D eigenvalue weighted by Gasteiger charge is 2.13. The van der Waals surface area contributed by atoms with E-state index >= 15 is 0 Å². The quantitative estimate of drug-likeness (QED) is 0.655. The largest absolute Gasteiger partial charge is 0.388 e. The zero-order valence-corrected chi connectivity index (χ0v) is 12.5. The molecule has 1 atom stereocenters. The van der Waals surface area contributed by atoms with E-state index in [-0.39, 0.29) is 0 Å². The molecule has 21 heavy (non-hydrogen) atoms. The van der Waals surface area contributed by atoms with Gasteiger partial charge in [-0.05, 0) is 24.6 Å². The van der Waals surface area contributed by atoms with Crippen molar-refractivity contribution in [2.75, 3.05) is 5.75 Å². The molecule has 0 fully saturated rings. The molecule has 2 rings (SSSR count). The summed E-state index contributed by atoms with van der Waals surface area (Å²) in [6.07, 6.45) is 1.18. The number of aliphatic hydroxyl groups is 1. The molecule has 0 radical (unpaired) electrons. The molecule has 0 aliphatic rings. The summed E-state index contributed by atoms with van der Waals surface area (Å²) in [5.41, 5.74) is 1.37. The van der Waals surface area contributed by atoms with E-state index in [1.165, 1.54) is 11.8 Å². The van der Waals surface area contributed by atoms with E-state index in [9.17, 15) is 5.11 Å². The minimum absolute atomic E-state index is 0.473. The molecule has 0 saturated heterocycles. The standard InChI is InChI=1S/C15H16N4OS/c1-3-8-19-11(2)17-18-15(19)21-10-14(20)13-6-4-12(9-16)5-7-13/h3-7,14,20H,1,8,10H2,2H3. The van der Waals surface area contributed by atoms with E-state index in [4.69, 9.17) is 5.26 Å². The predicted molar refractivity (Wildman–Crippen MR) is 81.8 cm³/mol. The highest BCUT2D eigenvalue weighted by molar-refractivity contribution is 7.99. The van der Waals surface area contributed by atoms with Crippen molar-refractivity contribution in [3.63, 3.8) is 0 Å². The number of aromatic nitrogens is 3. The molecule has 1 aromatic carbocycles. The van der Waals surface area contributed by atoms with Crippen LogP contribution < -0.4 is 0 Å². The van der Waals surface area contributed by atoms with Crippen LogP contribution in [-0.4, -0.2) is 25.6 Å². The zero-order valence-electron chi connectivity index (χ0n) is 11.7. The first-order valence-corrected chi connectivity index (χ1v) is 7.46. The van der Waals surface area contributed by atoms with Gasteiger partial charge in [-0.15, -0.1) is 16.8 Å². The van der Waals surface area contributed by atoms with E-state index in [1.807, 2.05) is 11.5 Å². The topological polar surface area (TPSA) is 74.7 Å². The van der Waals surface area contributed by atoms with Crippen LogP contribution in [0, 0.1) is 18.3 Å². The number of thioether (sulfide) groups is 1. The Hall–Kier alpha value is -2.10. The Morgan fingerprint density at radius 2 is 2.14 bits per heavy atom. The molecule has 0 bridgehead atoms. The second-order valence-corrected chi connectivity index (χ2v) is 5.48. The first-order chi connectivity index (χ1) is 10.2. The second kappa shape index (κ2) is 7.07. The van der Waals surface area contributed by atoms with Crippen molar-refractivity contribution < 1.29 is 5.11 Å². The minimum Gasteiger partial charge on any atom is -0.388 e. The predicted octanol–water partition coefficient (Wildman–Crippen LogP) is 2.47. The highest BCUT2D eigenvalue weighted by Crippen LogP contribution is 2.24. The van der Waals surface area contributed by atoms with Gasteiger partial charge >= 0.3 is 0 Å². The van der Waals surface area contributed by atoms with E-state index in [1.54, 1.807) is 30.3 Å². The Kier molecular flexibility index (Phi) is 5.14. The van der Waals surface area contributed by atoms with Gasteiger partial charge in [-0.3, -0.25) is 0 Å². The number of allylic oxidation sites excluding steroid dienone is 1.